The summed E-state index contributed by atoms with van der Waals surface area (Å²) in [6, 6.07) is 13.9. The number of nitrogens with zero attached hydrogens (tertiary/aromatic N) is 6. The molecule has 1 saturated carbocycles. The molecule has 1 atom stereocenters. The summed E-state index contributed by atoms with van der Waals surface area (Å²) < 4.78 is 8.49. The van der Waals surface area contributed by atoms with Crippen LogP contribution in [0.3, 0.4) is 0 Å². The quantitative estimate of drug-likeness (QED) is 0.201. The predicted molar refractivity (Wildman–Crippen MR) is 173 cm³/mol. The lowest BCUT2D eigenvalue weighted by Crippen LogP contribution is -2.44. The molecule has 11 heteroatoms. The number of rotatable bonds is 12. The van der Waals surface area contributed by atoms with Crippen molar-refractivity contribution in [2.24, 2.45) is 5.92 Å². The Kier molecular flexibility index (Phi) is 9.02. The molecule has 2 fully saturated rings. The molecule has 0 bridgehead atoms. The molecule has 2 N–H and O–H groups in total. The summed E-state index contributed by atoms with van der Waals surface area (Å²) in [4.78, 5) is 30.8. The van der Waals surface area contributed by atoms with Gasteiger partial charge in [-0.3, -0.25) is 0 Å². The number of carboxylic acids is 1. The number of carboxylic acid groups (broad SMARTS) is 1. The van der Waals surface area contributed by atoms with E-state index >= 15 is 0 Å². The van der Waals surface area contributed by atoms with Gasteiger partial charge in [-0.1, -0.05) is 35.4 Å². The average Bonchev–Trinajstić information content (AvgIpc) is 3.80. The summed E-state index contributed by atoms with van der Waals surface area (Å²) in [6.45, 7) is 10.5. The van der Waals surface area contributed by atoms with E-state index < -0.39 is 5.97 Å². The van der Waals surface area contributed by atoms with Crippen LogP contribution in [-0.2, 0) is 6.54 Å². The van der Waals surface area contributed by atoms with Crippen molar-refractivity contribution in [3.8, 4) is 17.1 Å². The average molecular weight is 618 g/mol. The number of ether oxygens (including phenoxy) is 1. The number of halogens is 1. The van der Waals surface area contributed by atoms with Crippen LogP contribution in [-0.4, -0.2) is 92.8 Å². The molecule has 1 unspecified atom stereocenters. The summed E-state index contributed by atoms with van der Waals surface area (Å²) >= 11 is 6.21. The number of carbonyl (C=O) groups is 1. The number of aryl methyl sites for hydroxylation is 1. The van der Waals surface area contributed by atoms with Gasteiger partial charge in [-0.2, -0.15) is 0 Å². The van der Waals surface area contributed by atoms with E-state index in [2.05, 4.69) is 49.7 Å². The molecule has 232 valence electrons. The van der Waals surface area contributed by atoms with Gasteiger partial charge in [0.05, 0.1) is 12.2 Å². The van der Waals surface area contributed by atoms with E-state index in [0.29, 0.717) is 46.9 Å². The van der Waals surface area contributed by atoms with Crippen LogP contribution in [0, 0.1) is 12.8 Å². The molecule has 0 amide bonds. The fourth-order valence-corrected chi connectivity index (χ4v) is 5.91. The molecular formula is C33H40ClN7O3. The standard InChI is InChI=1S/C33H40ClN7O3/c1-21-5-12-27(44-18-4-13-40-16-14-39(3)15-17-40)26(19-21)32-38-30-28(41(32)20-23-6-10-25(34)11-7-23)29(35-22(2)24-8-9-24)36-31(37-30)33(42)43/h5-7,10-12,19,22,24H,4,8-9,13-18,20H2,1-3H3,(H,42,43)(H,35,36,37). The number of likely N-dealkylation sites (N-methyl/N-ethyl adjacent to an activating group) is 1. The Balaban J connectivity index is 1.39. The van der Waals surface area contributed by atoms with E-state index in [1.54, 1.807) is 0 Å². The Morgan fingerprint density at radius 3 is 2.55 bits per heavy atom. The van der Waals surface area contributed by atoms with Crippen LogP contribution >= 0.6 is 11.6 Å². The van der Waals surface area contributed by atoms with Gasteiger partial charge in [-0.05, 0) is 75.9 Å². The Morgan fingerprint density at radius 2 is 1.84 bits per heavy atom. The van der Waals surface area contributed by atoms with Crippen molar-refractivity contribution < 1.29 is 14.6 Å². The van der Waals surface area contributed by atoms with Crippen molar-refractivity contribution in [1.82, 2.24) is 29.3 Å². The van der Waals surface area contributed by atoms with E-state index in [1.165, 1.54) is 0 Å². The van der Waals surface area contributed by atoms with Gasteiger partial charge in [0.25, 0.3) is 0 Å². The third kappa shape index (κ3) is 6.98. The fourth-order valence-electron chi connectivity index (χ4n) is 5.78. The highest BCUT2D eigenvalue weighted by Crippen LogP contribution is 2.37. The molecule has 1 aliphatic heterocycles. The first-order valence-corrected chi connectivity index (χ1v) is 15.8. The highest BCUT2D eigenvalue weighted by atomic mass is 35.5. The van der Waals surface area contributed by atoms with Crippen molar-refractivity contribution in [2.45, 2.75) is 45.7 Å². The van der Waals surface area contributed by atoms with Crippen molar-refractivity contribution in [1.29, 1.82) is 0 Å². The molecule has 6 rings (SSSR count). The third-order valence-electron chi connectivity index (χ3n) is 8.59. The Labute approximate surface area is 263 Å². The Morgan fingerprint density at radius 1 is 1.09 bits per heavy atom. The van der Waals surface area contributed by atoms with Gasteiger partial charge < -0.3 is 29.5 Å². The van der Waals surface area contributed by atoms with E-state index in [9.17, 15) is 9.90 Å². The van der Waals surface area contributed by atoms with Crippen LogP contribution in [0.5, 0.6) is 5.75 Å². The highest BCUT2D eigenvalue weighted by molar-refractivity contribution is 6.30. The van der Waals surface area contributed by atoms with E-state index in [1.807, 2.05) is 43.3 Å². The minimum Gasteiger partial charge on any atom is -0.493 e. The van der Waals surface area contributed by atoms with Gasteiger partial charge in [-0.15, -0.1) is 0 Å². The zero-order chi connectivity index (χ0) is 30.8. The van der Waals surface area contributed by atoms with Crippen molar-refractivity contribution in [3.05, 3.63) is 64.4 Å². The first-order chi connectivity index (χ1) is 21.2. The third-order valence-corrected chi connectivity index (χ3v) is 8.84. The number of piperazine rings is 1. The smallest absolute Gasteiger partial charge is 0.374 e. The molecule has 3 heterocycles. The van der Waals surface area contributed by atoms with Crippen LogP contribution in [0.1, 0.15) is 47.9 Å². The van der Waals surface area contributed by atoms with Crippen molar-refractivity contribution in [3.63, 3.8) is 0 Å². The topological polar surface area (TPSA) is 109 Å². The van der Waals surface area contributed by atoms with Crippen molar-refractivity contribution >= 4 is 34.6 Å². The first kappa shape index (κ1) is 30.3. The van der Waals surface area contributed by atoms with Crippen LogP contribution in [0.15, 0.2) is 42.5 Å². The summed E-state index contributed by atoms with van der Waals surface area (Å²) in [7, 11) is 2.17. The molecule has 44 heavy (non-hydrogen) atoms. The molecular weight excluding hydrogens is 578 g/mol. The van der Waals surface area contributed by atoms with E-state index in [-0.39, 0.29) is 11.9 Å². The fraction of sp³-hybridized carbons (Fsp3) is 0.455. The van der Waals surface area contributed by atoms with Gasteiger partial charge >= 0.3 is 5.97 Å². The van der Waals surface area contributed by atoms with Gasteiger partial charge in [0, 0.05) is 50.3 Å². The number of hydrogen-bond donors (Lipinski definition) is 2. The molecule has 2 aromatic carbocycles. The maximum atomic E-state index is 12.1. The second-order valence-corrected chi connectivity index (χ2v) is 12.6. The zero-order valence-corrected chi connectivity index (χ0v) is 26.3. The molecule has 1 saturated heterocycles. The number of nitrogens with one attached hydrogen (secondary N) is 1. The molecule has 4 aromatic rings. The Hall–Kier alpha value is -3.73. The molecule has 2 aromatic heterocycles. The maximum absolute atomic E-state index is 12.1. The van der Waals surface area contributed by atoms with Gasteiger partial charge in [0.2, 0.25) is 5.82 Å². The lowest BCUT2D eigenvalue weighted by molar-refractivity contribution is 0.0684. The minimum atomic E-state index is -1.19. The van der Waals surface area contributed by atoms with E-state index in [4.69, 9.17) is 21.3 Å². The molecule has 2 aliphatic rings. The number of aromatic nitrogens is 4. The summed E-state index contributed by atoms with van der Waals surface area (Å²) in [6.07, 6.45) is 3.20. The van der Waals surface area contributed by atoms with Crippen LogP contribution in [0.25, 0.3) is 22.6 Å². The van der Waals surface area contributed by atoms with Crippen LogP contribution < -0.4 is 10.1 Å². The van der Waals surface area contributed by atoms with Crippen LogP contribution in [0.4, 0.5) is 5.82 Å². The predicted octanol–water partition coefficient (Wildman–Crippen LogP) is 5.43. The lowest BCUT2D eigenvalue weighted by Gasteiger charge is -2.32. The summed E-state index contributed by atoms with van der Waals surface area (Å²) in [5.74, 6) is 0.906. The van der Waals surface area contributed by atoms with Crippen molar-refractivity contribution in [2.75, 3.05) is 51.7 Å². The largest absolute Gasteiger partial charge is 0.493 e. The van der Waals surface area contributed by atoms with E-state index in [0.717, 1.165) is 74.4 Å². The molecule has 10 nitrogen and oxygen atoms in total. The lowest BCUT2D eigenvalue weighted by atomic mass is 10.1. The maximum Gasteiger partial charge on any atom is 0.374 e. The Bertz CT molecular complexity index is 1630. The number of benzene rings is 2. The molecule has 0 spiro atoms. The van der Waals surface area contributed by atoms with Crippen LogP contribution in [0.2, 0.25) is 5.02 Å². The second-order valence-electron chi connectivity index (χ2n) is 12.1. The SMILES string of the molecule is Cc1ccc(OCCCN2CCN(C)CC2)c(-c2nc3nc(C(=O)O)nc(NC(C)C4CC4)c3n2Cc2ccc(Cl)cc2)c1. The zero-order valence-electron chi connectivity index (χ0n) is 25.6. The normalized spacial score (nSPS) is 16.7. The van der Waals surface area contributed by atoms with Gasteiger partial charge in [0.15, 0.2) is 11.5 Å². The number of imidazole rings is 1. The number of anilines is 1. The van der Waals surface area contributed by atoms with Gasteiger partial charge in [0.1, 0.15) is 17.1 Å². The summed E-state index contributed by atoms with van der Waals surface area (Å²) in [5.41, 5.74) is 3.90. The molecule has 0 radical (unpaired) electrons. The number of hydrogen-bond acceptors (Lipinski definition) is 8. The minimum absolute atomic E-state index is 0.134. The number of aromatic carboxylic acids is 1. The number of fused-ring (bicyclic) bond motifs is 1. The molecule has 1 aliphatic carbocycles. The first-order valence-electron chi connectivity index (χ1n) is 15.4. The van der Waals surface area contributed by atoms with Gasteiger partial charge in [-0.25, -0.2) is 19.7 Å². The second kappa shape index (κ2) is 13.1. The summed E-state index contributed by atoms with van der Waals surface area (Å²) in [5, 5.41) is 14.0. The highest BCUT2D eigenvalue weighted by Gasteiger charge is 2.30. The monoisotopic (exact) mass is 617 g/mol.